The molecule has 4 rings (SSSR count). The van der Waals surface area contributed by atoms with E-state index in [-0.39, 0.29) is 35.2 Å². The highest BCUT2D eigenvalue weighted by Crippen LogP contribution is 2.35. The molecule has 2 atom stereocenters. The molecule has 0 aliphatic carbocycles. The molecule has 6 nitrogen and oxygen atoms in total. The molecule has 2 heterocycles. The van der Waals surface area contributed by atoms with E-state index >= 15 is 0 Å². The van der Waals surface area contributed by atoms with Crippen LogP contribution in [0.15, 0.2) is 47.5 Å². The summed E-state index contributed by atoms with van der Waals surface area (Å²) in [6.07, 6.45) is 0. The van der Waals surface area contributed by atoms with Gasteiger partial charge in [0, 0.05) is 16.4 Å². The van der Waals surface area contributed by atoms with Gasteiger partial charge >= 0.3 is 0 Å². The van der Waals surface area contributed by atoms with Gasteiger partial charge in [0.25, 0.3) is 0 Å². The summed E-state index contributed by atoms with van der Waals surface area (Å²) in [7, 11) is -3.12. The normalized spacial score (nSPS) is 22.0. The van der Waals surface area contributed by atoms with Crippen molar-refractivity contribution in [2.24, 2.45) is 4.99 Å². The summed E-state index contributed by atoms with van der Waals surface area (Å²) in [5.74, 6) is 0.154. The number of amidine groups is 1. The Balaban J connectivity index is 1.50. The molecule has 1 N–H and O–H groups in total. The monoisotopic (exact) mass is 463 g/mol. The quantitative estimate of drug-likeness (QED) is 0.748. The number of carbonyl (C=O) groups excluding carboxylic acids is 1. The zero-order valence-corrected chi connectivity index (χ0v) is 19.0. The van der Waals surface area contributed by atoms with Crippen molar-refractivity contribution < 1.29 is 13.2 Å². The Morgan fingerprint density at radius 2 is 1.93 bits per heavy atom. The number of sulfone groups is 1. The lowest BCUT2D eigenvalue weighted by atomic mass is 10.1. The molecule has 0 spiro atoms. The fraction of sp³-hybridized carbons (Fsp3) is 0.333. The second kappa shape index (κ2) is 8.24. The van der Waals surface area contributed by atoms with Crippen molar-refractivity contribution in [2.75, 3.05) is 27.5 Å². The standard InChI is InChI=1S/C21H22ClN3O3S2/c1-13-3-8-17(14(2)9-13)23-20(26)10-29-21-24-18-11-30(27,28)12-19(18)25(21)16-6-4-15(22)5-7-16/h3-9,18-19H,10-12H2,1-2H3,(H,23,26). The Morgan fingerprint density at radius 3 is 2.63 bits per heavy atom. The number of rotatable bonds is 4. The maximum atomic E-state index is 12.5. The zero-order chi connectivity index (χ0) is 21.5. The van der Waals surface area contributed by atoms with E-state index in [1.54, 1.807) is 12.1 Å². The number of hydrogen-bond acceptors (Lipinski definition) is 6. The van der Waals surface area contributed by atoms with E-state index in [4.69, 9.17) is 11.6 Å². The number of benzene rings is 2. The molecular weight excluding hydrogens is 442 g/mol. The molecular formula is C21H22ClN3O3S2. The van der Waals surface area contributed by atoms with Gasteiger partial charge in [0.15, 0.2) is 15.0 Å². The minimum Gasteiger partial charge on any atom is -0.325 e. The topological polar surface area (TPSA) is 78.8 Å². The van der Waals surface area contributed by atoms with Gasteiger partial charge in [0.1, 0.15) is 0 Å². The maximum absolute atomic E-state index is 12.5. The molecule has 0 saturated carbocycles. The van der Waals surface area contributed by atoms with Crippen LogP contribution in [0.3, 0.4) is 0 Å². The van der Waals surface area contributed by atoms with E-state index < -0.39 is 9.84 Å². The Morgan fingerprint density at radius 1 is 1.20 bits per heavy atom. The average molecular weight is 464 g/mol. The average Bonchev–Trinajstić information content (AvgIpc) is 3.14. The van der Waals surface area contributed by atoms with Gasteiger partial charge in [-0.15, -0.1) is 0 Å². The smallest absolute Gasteiger partial charge is 0.234 e. The first-order valence-corrected chi connectivity index (χ1v) is 12.7. The number of halogens is 1. The molecule has 0 radical (unpaired) electrons. The van der Waals surface area contributed by atoms with Crippen LogP contribution in [-0.2, 0) is 14.6 Å². The molecule has 2 aliphatic rings. The molecule has 2 aliphatic heterocycles. The summed E-state index contributed by atoms with van der Waals surface area (Å²) in [5.41, 5.74) is 3.76. The van der Waals surface area contributed by atoms with E-state index in [1.807, 2.05) is 49.1 Å². The number of thioether (sulfide) groups is 1. The van der Waals surface area contributed by atoms with Crippen LogP contribution in [0.2, 0.25) is 5.02 Å². The van der Waals surface area contributed by atoms with Crippen molar-refractivity contribution >= 4 is 55.6 Å². The van der Waals surface area contributed by atoms with Crippen LogP contribution in [-0.4, -0.2) is 48.8 Å². The highest BCUT2D eigenvalue weighted by molar-refractivity contribution is 8.14. The van der Waals surface area contributed by atoms with Gasteiger partial charge < -0.3 is 10.2 Å². The summed E-state index contributed by atoms with van der Waals surface area (Å²) in [5, 5.41) is 4.21. The van der Waals surface area contributed by atoms with Gasteiger partial charge in [0.05, 0.1) is 29.3 Å². The third-order valence-corrected chi connectivity index (χ3v) is 8.12. The first-order chi connectivity index (χ1) is 14.2. The van der Waals surface area contributed by atoms with Crippen LogP contribution >= 0.6 is 23.4 Å². The summed E-state index contributed by atoms with van der Waals surface area (Å²) >= 11 is 7.33. The minimum atomic E-state index is -3.12. The first kappa shape index (κ1) is 21.2. The highest BCUT2D eigenvalue weighted by atomic mass is 35.5. The van der Waals surface area contributed by atoms with Crippen LogP contribution in [0.1, 0.15) is 11.1 Å². The molecule has 2 aromatic rings. The van der Waals surface area contributed by atoms with Crippen LogP contribution in [0.4, 0.5) is 11.4 Å². The largest absolute Gasteiger partial charge is 0.325 e. The van der Waals surface area contributed by atoms with Crippen LogP contribution in [0, 0.1) is 13.8 Å². The van der Waals surface area contributed by atoms with Gasteiger partial charge in [-0.2, -0.15) is 0 Å². The number of carbonyl (C=O) groups is 1. The van der Waals surface area contributed by atoms with Crippen molar-refractivity contribution in [1.29, 1.82) is 0 Å². The Bertz CT molecular complexity index is 1120. The summed E-state index contributed by atoms with van der Waals surface area (Å²) in [4.78, 5) is 19.1. The van der Waals surface area contributed by atoms with Gasteiger partial charge in [-0.25, -0.2) is 8.42 Å². The fourth-order valence-electron chi connectivity index (χ4n) is 3.81. The molecule has 0 aromatic heterocycles. The van der Waals surface area contributed by atoms with Gasteiger partial charge in [-0.1, -0.05) is 41.1 Å². The number of nitrogens with zero attached hydrogens (tertiary/aromatic N) is 2. The molecule has 0 bridgehead atoms. The highest BCUT2D eigenvalue weighted by Gasteiger charge is 2.47. The van der Waals surface area contributed by atoms with Gasteiger partial charge in [-0.05, 0) is 49.7 Å². The van der Waals surface area contributed by atoms with E-state index in [9.17, 15) is 13.2 Å². The molecule has 1 saturated heterocycles. The Hall–Kier alpha value is -2.03. The number of anilines is 2. The van der Waals surface area contributed by atoms with Crippen LogP contribution < -0.4 is 10.2 Å². The molecule has 30 heavy (non-hydrogen) atoms. The third-order valence-electron chi connectivity index (χ3n) is 5.20. The molecule has 9 heteroatoms. The van der Waals surface area contributed by atoms with Crippen molar-refractivity contribution in [3.63, 3.8) is 0 Å². The third kappa shape index (κ3) is 4.50. The minimum absolute atomic E-state index is 0.0422. The second-order valence-corrected chi connectivity index (χ2v) is 11.2. The van der Waals surface area contributed by atoms with Crippen molar-refractivity contribution in [3.05, 3.63) is 58.6 Å². The predicted molar refractivity (Wildman–Crippen MR) is 125 cm³/mol. The Kier molecular flexibility index (Phi) is 5.83. The van der Waals surface area contributed by atoms with Crippen molar-refractivity contribution in [3.8, 4) is 0 Å². The van der Waals surface area contributed by atoms with Crippen LogP contribution in [0.5, 0.6) is 0 Å². The van der Waals surface area contributed by atoms with Crippen molar-refractivity contribution in [1.82, 2.24) is 0 Å². The number of fused-ring (bicyclic) bond motifs is 1. The number of aliphatic imine (C=N–C) groups is 1. The second-order valence-electron chi connectivity index (χ2n) is 7.62. The molecule has 158 valence electrons. The fourth-order valence-corrected chi connectivity index (χ4v) is 6.70. The van der Waals surface area contributed by atoms with E-state index in [0.29, 0.717) is 10.2 Å². The molecule has 1 amide bonds. The molecule has 1 fully saturated rings. The number of amides is 1. The summed E-state index contributed by atoms with van der Waals surface area (Å²) in [6, 6.07) is 12.6. The number of aryl methyl sites for hydroxylation is 2. The van der Waals surface area contributed by atoms with Crippen molar-refractivity contribution in [2.45, 2.75) is 25.9 Å². The lowest BCUT2D eigenvalue weighted by Crippen LogP contribution is -2.39. The summed E-state index contributed by atoms with van der Waals surface area (Å²) in [6.45, 7) is 3.97. The molecule has 2 aromatic carbocycles. The number of nitrogens with one attached hydrogen (secondary N) is 1. The zero-order valence-electron chi connectivity index (χ0n) is 16.6. The SMILES string of the molecule is Cc1ccc(NC(=O)CSC2=NC3CS(=O)(=O)CC3N2c2ccc(Cl)cc2)c(C)c1. The maximum Gasteiger partial charge on any atom is 0.234 e. The number of hydrogen-bond donors (Lipinski definition) is 1. The first-order valence-electron chi connectivity index (χ1n) is 9.55. The molecule has 2 unspecified atom stereocenters. The van der Waals surface area contributed by atoms with E-state index in [0.717, 1.165) is 22.5 Å². The lowest BCUT2D eigenvalue weighted by molar-refractivity contribution is -0.113. The predicted octanol–water partition coefficient (Wildman–Crippen LogP) is 3.67. The van der Waals surface area contributed by atoms with Gasteiger partial charge in [-0.3, -0.25) is 9.79 Å². The van der Waals surface area contributed by atoms with Crippen LogP contribution in [0.25, 0.3) is 0 Å². The lowest BCUT2D eigenvalue weighted by Gasteiger charge is -2.26. The van der Waals surface area contributed by atoms with Gasteiger partial charge in [0.2, 0.25) is 5.91 Å². The summed E-state index contributed by atoms with van der Waals surface area (Å²) < 4.78 is 24.2. The van der Waals surface area contributed by atoms with E-state index in [2.05, 4.69) is 10.3 Å². The van der Waals surface area contributed by atoms with E-state index in [1.165, 1.54) is 11.8 Å². The Labute approximate surface area is 185 Å².